The van der Waals surface area contributed by atoms with E-state index in [1.165, 1.54) is 19.2 Å². The van der Waals surface area contributed by atoms with Crippen LogP contribution >= 0.6 is 0 Å². The Bertz CT molecular complexity index is 888. The van der Waals surface area contributed by atoms with Gasteiger partial charge in [-0.3, -0.25) is 9.59 Å². The molecule has 2 rings (SSSR count). The van der Waals surface area contributed by atoms with Gasteiger partial charge in [-0.15, -0.1) is 0 Å². The molecule has 0 aromatic heterocycles. The molecule has 1 aromatic carbocycles. The smallest absolute Gasteiger partial charge is 0.332 e. The average Bonchev–Trinajstić information content (AvgIpc) is 2.72. The Morgan fingerprint density at radius 3 is 2.51 bits per heavy atom. The molecule has 9 nitrogen and oxygen atoms in total. The number of aliphatic hydroxyl groups is 2. The van der Waals surface area contributed by atoms with E-state index >= 15 is 0 Å². The number of carboxylic acid groups (broad SMARTS) is 1. The summed E-state index contributed by atoms with van der Waals surface area (Å²) in [6.07, 6.45) is -2.44. The molecule has 196 valence electrons. The van der Waals surface area contributed by atoms with Crippen LogP contribution in [0.2, 0.25) is 0 Å². The molecule has 1 aliphatic rings. The van der Waals surface area contributed by atoms with Crippen molar-refractivity contribution in [1.29, 1.82) is 0 Å². The number of methoxy groups -OCH3 is 1. The summed E-state index contributed by atoms with van der Waals surface area (Å²) in [5.74, 6) is -3.25. The van der Waals surface area contributed by atoms with Crippen molar-refractivity contribution >= 4 is 17.9 Å². The van der Waals surface area contributed by atoms with E-state index in [0.717, 1.165) is 11.1 Å². The molecule has 10 heteroatoms. The first-order valence-corrected chi connectivity index (χ1v) is 11.7. The molecule has 35 heavy (non-hydrogen) atoms. The van der Waals surface area contributed by atoms with Gasteiger partial charge >= 0.3 is 17.9 Å². The van der Waals surface area contributed by atoms with Gasteiger partial charge in [0.1, 0.15) is 18.0 Å². The summed E-state index contributed by atoms with van der Waals surface area (Å²) in [6, 6.07) is 4.47. The van der Waals surface area contributed by atoms with E-state index in [2.05, 4.69) is 0 Å². The minimum atomic E-state index is -1.22. The van der Waals surface area contributed by atoms with Crippen LogP contribution < -0.4 is 0 Å². The molecular weight excluding hydrogens is 463 g/mol. The summed E-state index contributed by atoms with van der Waals surface area (Å²) < 4.78 is 29.9. The van der Waals surface area contributed by atoms with Gasteiger partial charge in [-0.05, 0) is 48.4 Å². The highest BCUT2D eigenvalue weighted by molar-refractivity contribution is 5.75. The second kappa shape index (κ2) is 12.9. The van der Waals surface area contributed by atoms with Gasteiger partial charge in [0.05, 0.1) is 31.7 Å². The summed E-state index contributed by atoms with van der Waals surface area (Å²) in [5.41, 5.74) is 0.397. The highest BCUT2D eigenvalue weighted by atomic mass is 19.1. The lowest BCUT2D eigenvalue weighted by atomic mass is 9.65. The Hall–Kier alpha value is -2.56. The molecule has 0 radical (unpaired) electrons. The van der Waals surface area contributed by atoms with E-state index in [1.54, 1.807) is 6.07 Å². The summed E-state index contributed by atoms with van der Waals surface area (Å²) in [5, 5.41) is 28.3. The second-order valence-electron chi connectivity index (χ2n) is 9.36. The van der Waals surface area contributed by atoms with Gasteiger partial charge < -0.3 is 29.5 Å². The first kappa shape index (κ1) is 28.7. The fraction of sp³-hybridized carbons (Fsp3) is 0.640. The van der Waals surface area contributed by atoms with Crippen molar-refractivity contribution in [3.63, 3.8) is 0 Å². The van der Waals surface area contributed by atoms with Gasteiger partial charge in [0.15, 0.2) is 0 Å². The number of aryl methyl sites for hydroxylation is 1. The van der Waals surface area contributed by atoms with Crippen LogP contribution in [-0.2, 0) is 35.0 Å². The Kier molecular flexibility index (Phi) is 10.6. The van der Waals surface area contributed by atoms with Crippen LogP contribution in [0.1, 0.15) is 63.0 Å². The molecule has 3 N–H and O–H groups in total. The van der Waals surface area contributed by atoms with Gasteiger partial charge in [0.25, 0.3) is 0 Å². The third-order valence-corrected chi connectivity index (χ3v) is 6.18. The standard InChI is InChI=1S/C25H35FO9/c1-15(2)24-20-5-4-17(26)10-16(20)6-8-25(24,35-23(32)14-33-3)13-22(31)34-9-7-18(27)11-19(28)12-21(29)30/h4-5,10,15,18-19,24,27-28H,6-9,11-14H2,1-3H3,(H,29,30)/t18-,19-,24-,25-/m0/s1. The van der Waals surface area contributed by atoms with E-state index in [9.17, 15) is 29.0 Å². The number of hydrogen-bond acceptors (Lipinski definition) is 8. The number of rotatable bonds is 13. The Labute approximate surface area is 204 Å². The number of esters is 2. The first-order valence-electron chi connectivity index (χ1n) is 11.7. The Balaban J connectivity index is 2.14. The van der Waals surface area contributed by atoms with Gasteiger partial charge in [-0.1, -0.05) is 19.9 Å². The molecule has 0 saturated carbocycles. The van der Waals surface area contributed by atoms with E-state index in [0.29, 0.717) is 12.8 Å². The highest BCUT2D eigenvalue weighted by Gasteiger charge is 2.49. The van der Waals surface area contributed by atoms with Crippen LogP contribution in [0.4, 0.5) is 4.39 Å². The van der Waals surface area contributed by atoms with Crippen molar-refractivity contribution in [3.05, 3.63) is 35.1 Å². The molecule has 0 saturated heterocycles. The van der Waals surface area contributed by atoms with Crippen molar-refractivity contribution in [1.82, 2.24) is 0 Å². The fourth-order valence-corrected chi connectivity index (χ4v) is 4.89. The zero-order valence-electron chi connectivity index (χ0n) is 20.4. The van der Waals surface area contributed by atoms with Crippen molar-refractivity contribution in [2.45, 2.75) is 76.1 Å². The molecule has 0 amide bonds. The minimum Gasteiger partial charge on any atom is -0.481 e. The zero-order valence-corrected chi connectivity index (χ0v) is 20.4. The number of carbonyl (C=O) groups excluding carboxylic acids is 2. The number of halogens is 1. The number of fused-ring (bicyclic) bond motifs is 1. The molecule has 0 spiro atoms. The third kappa shape index (κ3) is 8.26. The first-order chi connectivity index (χ1) is 16.5. The summed E-state index contributed by atoms with van der Waals surface area (Å²) in [6.45, 7) is 3.43. The van der Waals surface area contributed by atoms with E-state index in [-0.39, 0.29) is 44.2 Å². The number of carboxylic acids is 1. The molecule has 0 aliphatic heterocycles. The molecule has 1 aromatic rings. The lowest BCUT2D eigenvalue weighted by molar-refractivity contribution is -0.176. The minimum absolute atomic E-state index is 0.00853. The van der Waals surface area contributed by atoms with Crippen LogP contribution in [0.5, 0.6) is 0 Å². The molecular formula is C25H35FO9. The molecule has 1 aliphatic carbocycles. The van der Waals surface area contributed by atoms with Crippen LogP contribution in [0.3, 0.4) is 0 Å². The fourth-order valence-electron chi connectivity index (χ4n) is 4.89. The molecule has 0 unspecified atom stereocenters. The topological polar surface area (TPSA) is 140 Å². The maximum Gasteiger partial charge on any atom is 0.332 e. The van der Waals surface area contributed by atoms with Crippen molar-refractivity contribution < 1.29 is 48.3 Å². The zero-order chi connectivity index (χ0) is 26.2. The molecule has 0 bridgehead atoms. The van der Waals surface area contributed by atoms with Gasteiger partial charge in [-0.2, -0.15) is 0 Å². The maximum atomic E-state index is 13.8. The average molecular weight is 499 g/mol. The van der Waals surface area contributed by atoms with Crippen LogP contribution in [-0.4, -0.2) is 71.4 Å². The van der Waals surface area contributed by atoms with Crippen LogP contribution in [0, 0.1) is 11.7 Å². The van der Waals surface area contributed by atoms with Crippen molar-refractivity contribution in [3.8, 4) is 0 Å². The summed E-state index contributed by atoms with van der Waals surface area (Å²) in [4.78, 5) is 35.9. The summed E-state index contributed by atoms with van der Waals surface area (Å²) >= 11 is 0. The lowest BCUT2D eigenvalue weighted by Gasteiger charge is -2.45. The Morgan fingerprint density at radius 1 is 1.17 bits per heavy atom. The largest absolute Gasteiger partial charge is 0.481 e. The van der Waals surface area contributed by atoms with Gasteiger partial charge in [0, 0.05) is 19.4 Å². The molecule has 0 heterocycles. The van der Waals surface area contributed by atoms with E-state index in [4.69, 9.17) is 19.3 Å². The highest BCUT2D eigenvalue weighted by Crippen LogP contribution is 2.48. The van der Waals surface area contributed by atoms with Crippen molar-refractivity contribution in [2.75, 3.05) is 20.3 Å². The number of aliphatic hydroxyl groups excluding tert-OH is 2. The number of carbonyl (C=O) groups is 3. The second-order valence-corrected chi connectivity index (χ2v) is 9.36. The van der Waals surface area contributed by atoms with Crippen LogP contribution in [0.25, 0.3) is 0 Å². The SMILES string of the molecule is COCC(=O)O[C@]1(CC(=O)OCC[C@H](O)C[C@H](O)CC(=O)O)CCc2cc(F)ccc2[C@@H]1C(C)C. The predicted molar refractivity (Wildman–Crippen MR) is 122 cm³/mol. The number of ether oxygens (including phenoxy) is 3. The third-order valence-electron chi connectivity index (χ3n) is 6.18. The molecule has 4 atom stereocenters. The summed E-state index contributed by atoms with van der Waals surface area (Å²) in [7, 11) is 1.36. The van der Waals surface area contributed by atoms with E-state index < -0.39 is 48.1 Å². The number of aliphatic carboxylic acids is 1. The predicted octanol–water partition coefficient (Wildman–Crippen LogP) is 2.35. The maximum absolute atomic E-state index is 13.8. The number of hydrogen-bond donors (Lipinski definition) is 3. The van der Waals surface area contributed by atoms with Gasteiger partial charge in [0.2, 0.25) is 0 Å². The monoisotopic (exact) mass is 498 g/mol. The van der Waals surface area contributed by atoms with Gasteiger partial charge in [-0.25, -0.2) is 9.18 Å². The number of benzene rings is 1. The van der Waals surface area contributed by atoms with Crippen molar-refractivity contribution in [2.24, 2.45) is 5.92 Å². The quantitative estimate of drug-likeness (QED) is 0.350. The Morgan fingerprint density at radius 2 is 1.89 bits per heavy atom. The molecule has 0 fully saturated rings. The van der Waals surface area contributed by atoms with E-state index in [1.807, 2.05) is 13.8 Å². The normalized spacial score (nSPS) is 21.2. The van der Waals surface area contributed by atoms with Crippen LogP contribution in [0.15, 0.2) is 18.2 Å². The lowest BCUT2D eigenvalue weighted by Crippen LogP contribution is -2.49.